The molecule has 0 radical (unpaired) electrons. The Bertz CT molecular complexity index is 161. The van der Waals surface area contributed by atoms with Gasteiger partial charge < -0.3 is 9.90 Å². The number of carbonyl (C=O) groups excluding carboxylic acids is 1. The summed E-state index contributed by atoms with van der Waals surface area (Å²) >= 11 is 0. The Morgan fingerprint density at radius 3 is 2.73 bits per heavy atom. The molecule has 0 spiro atoms. The zero-order valence-electron chi connectivity index (χ0n) is 7.26. The summed E-state index contributed by atoms with van der Waals surface area (Å²) in [6.07, 6.45) is 3.47. The maximum atomic E-state index is 10.8. The molecular formula is C9H16O2. The third-order valence-corrected chi connectivity index (χ3v) is 2.65. The minimum absolute atomic E-state index is 0.192. The van der Waals surface area contributed by atoms with E-state index < -0.39 is 5.60 Å². The Morgan fingerprint density at radius 1 is 1.73 bits per heavy atom. The molecule has 0 aliphatic heterocycles. The van der Waals surface area contributed by atoms with Crippen molar-refractivity contribution in [2.45, 2.75) is 45.1 Å². The number of ketones is 1. The average molecular weight is 156 g/mol. The second kappa shape index (κ2) is 2.94. The molecule has 0 heterocycles. The third-order valence-electron chi connectivity index (χ3n) is 2.65. The average Bonchev–Trinajstić information content (AvgIpc) is 2.10. The first-order valence-corrected chi connectivity index (χ1v) is 4.24. The zero-order chi connectivity index (χ0) is 8.48. The summed E-state index contributed by atoms with van der Waals surface area (Å²) in [7, 11) is 0. The highest BCUT2D eigenvalue weighted by Gasteiger charge is 2.36. The van der Waals surface area contributed by atoms with Gasteiger partial charge in [0, 0.05) is 6.42 Å². The van der Waals surface area contributed by atoms with Crippen LogP contribution in [0.2, 0.25) is 0 Å². The molecule has 1 fully saturated rings. The van der Waals surface area contributed by atoms with Crippen molar-refractivity contribution in [3.63, 3.8) is 0 Å². The minimum atomic E-state index is -0.578. The van der Waals surface area contributed by atoms with E-state index in [1.807, 2.05) is 6.92 Å². The van der Waals surface area contributed by atoms with Gasteiger partial charge in [-0.15, -0.1) is 0 Å². The smallest absolute Gasteiger partial charge is 0.130 e. The Balaban J connectivity index is 2.51. The fourth-order valence-electron chi connectivity index (χ4n) is 1.89. The third kappa shape index (κ3) is 2.03. The number of rotatable bonds is 2. The van der Waals surface area contributed by atoms with E-state index in [0.29, 0.717) is 6.42 Å². The van der Waals surface area contributed by atoms with Crippen molar-refractivity contribution in [1.82, 2.24) is 0 Å². The van der Waals surface area contributed by atoms with Crippen molar-refractivity contribution in [1.29, 1.82) is 0 Å². The van der Waals surface area contributed by atoms with Crippen molar-refractivity contribution in [2.75, 3.05) is 0 Å². The molecule has 1 N–H and O–H groups in total. The fourth-order valence-corrected chi connectivity index (χ4v) is 1.89. The van der Waals surface area contributed by atoms with Crippen LogP contribution >= 0.6 is 0 Å². The van der Waals surface area contributed by atoms with Gasteiger partial charge in [-0.2, -0.15) is 0 Å². The first kappa shape index (κ1) is 8.72. The lowest BCUT2D eigenvalue weighted by atomic mass is 9.89. The molecule has 0 aromatic carbocycles. The van der Waals surface area contributed by atoms with E-state index in [9.17, 15) is 9.90 Å². The van der Waals surface area contributed by atoms with E-state index in [1.165, 1.54) is 0 Å². The first-order chi connectivity index (χ1) is 5.02. The fraction of sp³-hybridized carbons (Fsp3) is 0.889. The molecule has 2 heteroatoms. The number of Topliss-reactive ketones (excluding diaryl/α,β-unsaturated/α-hetero) is 1. The summed E-state index contributed by atoms with van der Waals surface area (Å²) in [4.78, 5) is 10.8. The number of carbonyl (C=O) groups is 1. The van der Waals surface area contributed by atoms with Crippen molar-refractivity contribution in [3.8, 4) is 0 Å². The van der Waals surface area contributed by atoms with Gasteiger partial charge in [-0.1, -0.05) is 6.42 Å². The Morgan fingerprint density at radius 2 is 2.36 bits per heavy atom. The van der Waals surface area contributed by atoms with Gasteiger partial charge in [-0.3, -0.25) is 0 Å². The van der Waals surface area contributed by atoms with Crippen molar-refractivity contribution >= 4 is 5.78 Å². The van der Waals surface area contributed by atoms with Crippen LogP contribution in [-0.4, -0.2) is 16.5 Å². The number of aliphatic hydroxyl groups is 1. The van der Waals surface area contributed by atoms with E-state index >= 15 is 0 Å². The molecule has 0 amide bonds. The highest BCUT2D eigenvalue weighted by molar-refractivity contribution is 5.75. The molecule has 2 atom stereocenters. The predicted octanol–water partition coefficient (Wildman–Crippen LogP) is 1.52. The molecule has 1 rings (SSSR count). The van der Waals surface area contributed by atoms with Crippen LogP contribution in [0.5, 0.6) is 0 Å². The summed E-state index contributed by atoms with van der Waals surface area (Å²) in [5, 5.41) is 9.75. The molecule has 1 saturated carbocycles. The van der Waals surface area contributed by atoms with Gasteiger partial charge in [0.05, 0.1) is 5.60 Å². The second-order valence-corrected chi connectivity index (χ2v) is 3.85. The van der Waals surface area contributed by atoms with Gasteiger partial charge in [-0.05, 0) is 32.6 Å². The van der Waals surface area contributed by atoms with Gasteiger partial charge in [0.25, 0.3) is 0 Å². The quantitative estimate of drug-likeness (QED) is 0.658. The zero-order valence-corrected chi connectivity index (χ0v) is 7.26. The van der Waals surface area contributed by atoms with Crippen LogP contribution in [0.4, 0.5) is 0 Å². The summed E-state index contributed by atoms with van der Waals surface area (Å²) < 4.78 is 0. The van der Waals surface area contributed by atoms with Crippen LogP contribution in [0.1, 0.15) is 39.5 Å². The lowest BCUT2D eigenvalue weighted by Crippen LogP contribution is -2.30. The van der Waals surface area contributed by atoms with Gasteiger partial charge >= 0.3 is 0 Å². The largest absolute Gasteiger partial charge is 0.390 e. The van der Waals surface area contributed by atoms with E-state index in [1.54, 1.807) is 6.92 Å². The molecule has 0 aromatic heterocycles. The van der Waals surface area contributed by atoms with Crippen molar-refractivity contribution < 1.29 is 9.90 Å². The number of hydrogen-bond donors (Lipinski definition) is 1. The van der Waals surface area contributed by atoms with Gasteiger partial charge in [0.2, 0.25) is 0 Å². The van der Waals surface area contributed by atoms with Gasteiger partial charge in [0.1, 0.15) is 5.78 Å². The van der Waals surface area contributed by atoms with Crippen LogP contribution < -0.4 is 0 Å². The van der Waals surface area contributed by atoms with Gasteiger partial charge in [-0.25, -0.2) is 0 Å². The lowest BCUT2D eigenvalue weighted by Gasteiger charge is -2.24. The maximum Gasteiger partial charge on any atom is 0.130 e. The molecule has 0 bridgehead atoms. The summed E-state index contributed by atoms with van der Waals surface area (Å²) in [6, 6.07) is 0. The van der Waals surface area contributed by atoms with E-state index in [2.05, 4.69) is 0 Å². The molecule has 0 aromatic rings. The van der Waals surface area contributed by atoms with Crippen LogP contribution in [-0.2, 0) is 4.79 Å². The van der Waals surface area contributed by atoms with Crippen LogP contribution in [0.25, 0.3) is 0 Å². The molecule has 64 valence electrons. The molecule has 11 heavy (non-hydrogen) atoms. The van der Waals surface area contributed by atoms with E-state index in [4.69, 9.17) is 0 Å². The topological polar surface area (TPSA) is 37.3 Å². The summed E-state index contributed by atoms with van der Waals surface area (Å²) in [5.41, 5.74) is -0.578. The van der Waals surface area contributed by atoms with E-state index in [-0.39, 0.29) is 11.7 Å². The molecule has 1 aliphatic rings. The Hall–Kier alpha value is -0.370. The standard InChI is InChI=1S/C9H16O2/c1-7(10)6-8-4-3-5-9(8,2)11/h8,11H,3-6H2,1-2H3/t8-,9+/m1/s1. The number of hydrogen-bond acceptors (Lipinski definition) is 2. The molecule has 1 aliphatic carbocycles. The minimum Gasteiger partial charge on any atom is -0.390 e. The maximum absolute atomic E-state index is 10.8. The normalized spacial score (nSPS) is 37.5. The van der Waals surface area contributed by atoms with Crippen LogP contribution in [0.3, 0.4) is 0 Å². The highest BCUT2D eigenvalue weighted by Crippen LogP contribution is 2.37. The molecular weight excluding hydrogens is 140 g/mol. The molecule has 0 unspecified atom stereocenters. The van der Waals surface area contributed by atoms with Crippen LogP contribution in [0, 0.1) is 5.92 Å². The summed E-state index contributed by atoms with van der Waals surface area (Å²) in [5.74, 6) is 0.400. The monoisotopic (exact) mass is 156 g/mol. The highest BCUT2D eigenvalue weighted by atomic mass is 16.3. The molecule has 0 saturated heterocycles. The SMILES string of the molecule is CC(=O)C[C@H]1CCC[C@]1(C)O. The first-order valence-electron chi connectivity index (χ1n) is 4.24. The van der Waals surface area contributed by atoms with Gasteiger partial charge in [0.15, 0.2) is 0 Å². The molecule has 2 nitrogen and oxygen atoms in total. The second-order valence-electron chi connectivity index (χ2n) is 3.85. The lowest BCUT2D eigenvalue weighted by molar-refractivity contribution is -0.119. The Labute approximate surface area is 67.6 Å². The Kier molecular flexibility index (Phi) is 2.33. The van der Waals surface area contributed by atoms with Crippen LogP contribution in [0.15, 0.2) is 0 Å². The van der Waals surface area contributed by atoms with E-state index in [0.717, 1.165) is 19.3 Å². The predicted molar refractivity (Wildman–Crippen MR) is 43.3 cm³/mol. The summed E-state index contributed by atoms with van der Waals surface area (Å²) in [6.45, 7) is 3.43. The van der Waals surface area contributed by atoms with Crippen molar-refractivity contribution in [3.05, 3.63) is 0 Å². The van der Waals surface area contributed by atoms with Crippen molar-refractivity contribution in [2.24, 2.45) is 5.92 Å².